The second kappa shape index (κ2) is 8.39. The molecule has 0 amide bonds. The highest BCUT2D eigenvalue weighted by Crippen LogP contribution is 2.68. The molecule has 3 heteroatoms. The second-order valence-corrected chi connectivity index (χ2v) is 12.9. The number of fused-ring (bicyclic) bond motifs is 5. The van der Waals surface area contributed by atoms with Crippen LogP contribution >= 0.6 is 0 Å². The van der Waals surface area contributed by atoms with Crippen molar-refractivity contribution in [3.8, 4) is 0 Å². The van der Waals surface area contributed by atoms with Crippen LogP contribution in [0.3, 0.4) is 0 Å². The second-order valence-electron chi connectivity index (χ2n) is 12.9. The summed E-state index contributed by atoms with van der Waals surface area (Å²) in [5, 5.41) is 12.3. The minimum Gasteiger partial charge on any atom is -0.264 e. The number of rotatable bonds is 6. The molecular weight excluding hydrogens is 370 g/mol. The zero-order valence-corrected chi connectivity index (χ0v) is 20.4. The van der Waals surface area contributed by atoms with Crippen LogP contribution in [-0.2, 0) is 0 Å². The Morgan fingerprint density at radius 2 is 1.67 bits per heavy atom. The van der Waals surface area contributed by atoms with Gasteiger partial charge in [-0.25, -0.2) is 0 Å². The molecule has 3 nitrogen and oxygen atoms in total. The Hall–Kier alpha value is -0.600. The van der Waals surface area contributed by atoms with Crippen molar-refractivity contribution in [3.05, 3.63) is 10.1 Å². The zero-order chi connectivity index (χ0) is 21.7. The normalized spacial score (nSPS) is 46.7. The van der Waals surface area contributed by atoms with Crippen LogP contribution in [0.2, 0.25) is 0 Å². The molecule has 0 aromatic rings. The first-order valence-electron chi connectivity index (χ1n) is 13.3. The Labute approximate surface area is 185 Å². The number of hydrogen-bond donors (Lipinski definition) is 0. The average Bonchev–Trinajstić information content (AvgIpc) is 3.03. The molecular formula is C27H47NO2. The van der Waals surface area contributed by atoms with Crippen LogP contribution in [0.4, 0.5) is 0 Å². The first-order valence-corrected chi connectivity index (χ1v) is 13.3. The lowest BCUT2D eigenvalue weighted by atomic mass is 9.43. The fraction of sp³-hybridized carbons (Fsp3) is 1.00. The van der Waals surface area contributed by atoms with Crippen molar-refractivity contribution in [2.75, 3.05) is 0 Å². The van der Waals surface area contributed by atoms with Gasteiger partial charge < -0.3 is 0 Å². The van der Waals surface area contributed by atoms with Crippen molar-refractivity contribution < 1.29 is 4.92 Å². The highest BCUT2D eigenvalue weighted by atomic mass is 16.6. The lowest BCUT2D eigenvalue weighted by Crippen LogP contribution is -2.59. The van der Waals surface area contributed by atoms with Crippen molar-refractivity contribution in [3.63, 3.8) is 0 Å². The topological polar surface area (TPSA) is 43.1 Å². The van der Waals surface area contributed by atoms with Gasteiger partial charge in [0, 0.05) is 17.3 Å². The van der Waals surface area contributed by atoms with Gasteiger partial charge in [-0.15, -0.1) is 0 Å². The van der Waals surface area contributed by atoms with Crippen molar-refractivity contribution in [1.82, 2.24) is 0 Å². The Kier molecular flexibility index (Phi) is 6.32. The summed E-state index contributed by atoms with van der Waals surface area (Å²) in [5.41, 5.74) is 0.711. The molecule has 4 aliphatic carbocycles. The lowest BCUT2D eigenvalue weighted by Gasteiger charge is -2.60. The van der Waals surface area contributed by atoms with Crippen LogP contribution < -0.4 is 0 Å². The van der Waals surface area contributed by atoms with Crippen LogP contribution in [0, 0.1) is 62.4 Å². The van der Waals surface area contributed by atoms with E-state index < -0.39 is 0 Å². The molecule has 172 valence electrons. The van der Waals surface area contributed by atoms with E-state index in [1.165, 1.54) is 70.6 Å². The third-order valence-electron chi connectivity index (χ3n) is 11.1. The molecule has 30 heavy (non-hydrogen) atoms. The summed E-state index contributed by atoms with van der Waals surface area (Å²) in [5.74, 6) is 4.46. The van der Waals surface area contributed by atoms with Gasteiger partial charge in [-0.2, -0.15) is 0 Å². The molecule has 4 aliphatic rings. The SMILES string of the molecule is CC(C)CCC[C@@H](C)C1CCC2C3C(CCC21C)C1(C)CCCC[C@@H]1C[C@H]3[N+](=O)[O-]. The van der Waals surface area contributed by atoms with Crippen LogP contribution in [0.5, 0.6) is 0 Å². The minimum atomic E-state index is -0.272. The summed E-state index contributed by atoms with van der Waals surface area (Å²) in [6.45, 7) is 12.2. The fourth-order valence-corrected chi connectivity index (χ4v) is 9.51. The van der Waals surface area contributed by atoms with E-state index >= 15 is 0 Å². The van der Waals surface area contributed by atoms with E-state index in [4.69, 9.17) is 0 Å². The molecule has 0 spiro atoms. The number of nitrogens with zero attached hydrogens (tertiary/aromatic N) is 1. The van der Waals surface area contributed by atoms with Crippen molar-refractivity contribution in [1.29, 1.82) is 0 Å². The Morgan fingerprint density at radius 1 is 0.933 bits per heavy atom. The highest BCUT2D eigenvalue weighted by Gasteiger charge is 2.65. The Bertz CT molecular complexity index is 632. The van der Waals surface area contributed by atoms with Gasteiger partial charge in [0.2, 0.25) is 6.04 Å². The average molecular weight is 418 g/mol. The van der Waals surface area contributed by atoms with Gasteiger partial charge in [0.05, 0.1) is 0 Å². The smallest absolute Gasteiger partial charge is 0.216 e. The summed E-state index contributed by atoms with van der Waals surface area (Å²) < 4.78 is 0. The molecule has 0 heterocycles. The predicted molar refractivity (Wildman–Crippen MR) is 124 cm³/mol. The van der Waals surface area contributed by atoms with Crippen LogP contribution in [0.1, 0.15) is 112 Å². The van der Waals surface area contributed by atoms with E-state index in [9.17, 15) is 10.1 Å². The Morgan fingerprint density at radius 3 is 2.37 bits per heavy atom. The molecule has 0 N–H and O–H groups in total. The van der Waals surface area contributed by atoms with E-state index in [2.05, 4.69) is 34.6 Å². The number of nitro groups is 1. The van der Waals surface area contributed by atoms with Gasteiger partial charge >= 0.3 is 0 Å². The van der Waals surface area contributed by atoms with Crippen molar-refractivity contribution in [2.45, 2.75) is 118 Å². The molecule has 0 bridgehead atoms. The molecule has 4 fully saturated rings. The molecule has 0 saturated heterocycles. The quantitative estimate of drug-likeness (QED) is 0.327. The fourth-order valence-electron chi connectivity index (χ4n) is 9.51. The number of hydrogen-bond acceptors (Lipinski definition) is 2. The first-order chi connectivity index (χ1) is 14.2. The van der Waals surface area contributed by atoms with Gasteiger partial charge in [-0.1, -0.05) is 66.7 Å². The summed E-state index contributed by atoms with van der Waals surface area (Å²) in [7, 11) is 0. The van der Waals surface area contributed by atoms with E-state index in [-0.39, 0.29) is 11.0 Å². The monoisotopic (exact) mass is 417 g/mol. The summed E-state index contributed by atoms with van der Waals surface area (Å²) in [6, 6.07) is -0.272. The van der Waals surface area contributed by atoms with Crippen LogP contribution in [0.15, 0.2) is 0 Å². The maximum absolute atomic E-state index is 12.3. The summed E-state index contributed by atoms with van der Waals surface area (Å²) in [6.07, 6.45) is 15.2. The lowest BCUT2D eigenvalue weighted by molar-refractivity contribution is -0.548. The van der Waals surface area contributed by atoms with Crippen LogP contribution in [0.25, 0.3) is 0 Å². The van der Waals surface area contributed by atoms with E-state index in [0.29, 0.717) is 34.5 Å². The highest BCUT2D eigenvalue weighted by molar-refractivity contribution is 5.11. The van der Waals surface area contributed by atoms with Gasteiger partial charge in [0.1, 0.15) is 0 Å². The first kappa shape index (κ1) is 22.6. The maximum Gasteiger partial charge on any atom is 0.216 e. The summed E-state index contributed by atoms with van der Waals surface area (Å²) in [4.78, 5) is 12.5. The molecule has 9 atom stereocenters. The van der Waals surface area contributed by atoms with E-state index in [1.54, 1.807) is 0 Å². The van der Waals surface area contributed by atoms with Gasteiger partial charge in [-0.05, 0) is 84.9 Å². The summed E-state index contributed by atoms with van der Waals surface area (Å²) >= 11 is 0. The van der Waals surface area contributed by atoms with Gasteiger partial charge in [0.15, 0.2) is 0 Å². The Balaban J connectivity index is 1.57. The molecule has 0 aromatic heterocycles. The molecule has 6 unspecified atom stereocenters. The van der Waals surface area contributed by atoms with Crippen LogP contribution in [-0.4, -0.2) is 11.0 Å². The van der Waals surface area contributed by atoms with Crippen molar-refractivity contribution in [2.24, 2.45) is 52.3 Å². The molecule has 0 aliphatic heterocycles. The maximum atomic E-state index is 12.3. The predicted octanol–water partition coefficient (Wildman–Crippen LogP) is 7.75. The zero-order valence-electron chi connectivity index (χ0n) is 20.4. The largest absolute Gasteiger partial charge is 0.264 e. The molecule has 4 saturated carbocycles. The molecule has 4 rings (SSSR count). The van der Waals surface area contributed by atoms with Gasteiger partial charge in [0.25, 0.3) is 0 Å². The molecule has 0 radical (unpaired) electrons. The molecule has 0 aromatic carbocycles. The third-order valence-corrected chi connectivity index (χ3v) is 11.1. The van der Waals surface area contributed by atoms with E-state index in [1.807, 2.05) is 0 Å². The third kappa shape index (κ3) is 3.64. The van der Waals surface area contributed by atoms with Crippen molar-refractivity contribution >= 4 is 0 Å². The standard InChI is InChI=1S/C27H47NO2/c1-18(2)9-8-10-19(3)21-12-13-22-25-23(14-16-27(21,22)5)26(4)15-7-6-11-20(26)17-24(25)28(29)30/h18-25H,6-17H2,1-5H3/t19-,20-,21?,22?,23?,24-,25?,26?,27?/m1/s1. The minimum absolute atomic E-state index is 0.164. The van der Waals surface area contributed by atoms with E-state index in [0.717, 1.165) is 24.2 Å². The van der Waals surface area contributed by atoms with Gasteiger partial charge in [-0.3, -0.25) is 10.1 Å².